The van der Waals surface area contributed by atoms with Crippen LogP contribution in [-0.4, -0.2) is 56.3 Å². The lowest BCUT2D eigenvalue weighted by Crippen LogP contribution is -2.49. The Balaban J connectivity index is 0.000000654. The van der Waals surface area contributed by atoms with Gasteiger partial charge in [-0.1, -0.05) is 37.8 Å². The number of rotatable bonds is 5. The van der Waals surface area contributed by atoms with Gasteiger partial charge in [0.05, 0.1) is 13.4 Å². The van der Waals surface area contributed by atoms with Crippen molar-refractivity contribution in [3.05, 3.63) is 42.0 Å². The molecule has 0 radical (unpaired) electrons. The first-order valence-electron chi connectivity index (χ1n) is 10.9. The van der Waals surface area contributed by atoms with E-state index in [2.05, 4.69) is 15.7 Å². The van der Waals surface area contributed by atoms with Crippen LogP contribution in [0.1, 0.15) is 56.9 Å². The summed E-state index contributed by atoms with van der Waals surface area (Å²) in [4.78, 5) is 25.8. The number of esters is 2. The van der Waals surface area contributed by atoms with Crippen LogP contribution >= 0.6 is 0 Å². The second-order valence-corrected chi connectivity index (χ2v) is 9.64. The summed E-state index contributed by atoms with van der Waals surface area (Å²) in [6.07, 6.45) is 12.8. The molecule has 0 unspecified atom stereocenters. The number of hydrogen-bond acceptors (Lipinski definition) is 7. The molecule has 1 aromatic rings. The third kappa shape index (κ3) is 8.37. The van der Waals surface area contributed by atoms with Crippen LogP contribution in [0.5, 0.6) is 5.75 Å². The lowest BCUT2D eigenvalue weighted by molar-refractivity contribution is -0.135. The summed E-state index contributed by atoms with van der Waals surface area (Å²) in [5, 5.41) is 0. The number of carbonyl (C=O) groups is 2. The highest BCUT2D eigenvalue weighted by atomic mass is 32.2. The zero-order chi connectivity index (χ0) is 23.6. The molecule has 1 heterocycles. The molecule has 178 valence electrons. The molecule has 32 heavy (non-hydrogen) atoms. The molecule has 1 saturated carbocycles. The minimum absolute atomic E-state index is 0.0585. The molecule has 1 saturated heterocycles. The van der Waals surface area contributed by atoms with Crippen molar-refractivity contribution < 1.29 is 32.0 Å². The van der Waals surface area contributed by atoms with E-state index in [1.54, 1.807) is 6.07 Å². The zero-order valence-corrected chi connectivity index (χ0v) is 19.6. The Hall–Kier alpha value is -2.23. The van der Waals surface area contributed by atoms with Crippen molar-refractivity contribution in [1.29, 1.82) is 0 Å². The third-order valence-electron chi connectivity index (χ3n) is 5.79. The average Bonchev–Trinajstić information content (AvgIpc) is 2.77. The van der Waals surface area contributed by atoms with E-state index < -0.39 is 22.1 Å². The Morgan fingerprint density at radius 3 is 2.16 bits per heavy atom. The summed E-state index contributed by atoms with van der Waals surface area (Å²) < 4.78 is 35.8. The highest BCUT2D eigenvalue weighted by Gasteiger charge is 2.40. The van der Waals surface area contributed by atoms with Crippen LogP contribution in [-0.2, 0) is 30.0 Å². The fraction of sp³-hybridized carbons (Fsp3) is 0.565. The summed E-state index contributed by atoms with van der Waals surface area (Å²) in [5.41, 5.74) is 1.30. The van der Waals surface area contributed by atoms with E-state index >= 15 is 0 Å². The molecule has 3 rings (SSSR count). The number of benzene rings is 1. The Bertz CT molecular complexity index is 891. The van der Waals surface area contributed by atoms with Gasteiger partial charge < -0.3 is 9.47 Å². The third-order valence-corrected chi connectivity index (χ3v) is 5.79. The number of piperidine rings is 1. The van der Waals surface area contributed by atoms with Crippen LogP contribution < -0.4 is 4.74 Å². The number of hydrogen-bond donors (Lipinski definition) is 1. The van der Waals surface area contributed by atoms with E-state index in [4.69, 9.17) is 9.29 Å². The molecule has 0 atom stereocenters. The van der Waals surface area contributed by atoms with Gasteiger partial charge in [0.2, 0.25) is 0 Å². The van der Waals surface area contributed by atoms with Gasteiger partial charge in [0.1, 0.15) is 5.75 Å². The maximum Gasteiger partial charge on any atom is 0.336 e. The van der Waals surface area contributed by atoms with Crippen LogP contribution in [0.3, 0.4) is 0 Å². The lowest BCUT2D eigenvalue weighted by Gasteiger charge is -2.48. The molecular formula is C23H33NO7S. The van der Waals surface area contributed by atoms with Crippen molar-refractivity contribution >= 4 is 22.1 Å². The second-order valence-electron chi connectivity index (χ2n) is 8.18. The summed E-state index contributed by atoms with van der Waals surface area (Å²) in [5.74, 6) is -0.630. The van der Waals surface area contributed by atoms with Gasteiger partial charge in [-0.3, -0.25) is 9.45 Å². The van der Waals surface area contributed by atoms with Gasteiger partial charge in [0.25, 0.3) is 10.1 Å². The molecule has 1 aromatic carbocycles. The van der Waals surface area contributed by atoms with Crippen molar-refractivity contribution in [2.24, 2.45) is 0 Å². The van der Waals surface area contributed by atoms with E-state index in [0.717, 1.165) is 38.1 Å². The Labute approximate surface area is 190 Å². The number of carbonyl (C=O) groups excluding carboxylic acids is 2. The molecule has 1 aliphatic carbocycles. The maximum atomic E-state index is 12.0. The van der Waals surface area contributed by atoms with Crippen molar-refractivity contribution in [2.45, 2.75) is 56.9 Å². The normalized spacial score (nSPS) is 19.0. The van der Waals surface area contributed by atoms with Crippen LogP contribution in [0.2, 0.25) is 0 Å². The fourth-order valence-corrected chi connectivity index (χ4v) is 4.45. The number of likely N-dealkylation sites (tertiary alicyclic amines) is 1. The van der Waals surface area contributed by atoms with E-state index in [1.165, 1.54) is 51.2 Å². The van der Waals surface area contributed by atoms with Crippen molar-refractivity contribution in [3.63, 3.8) is 0 Å². The average molecular weight is 468 g/mol. The molecule has 2 aliphatic rings. The number of methoxy groups -OCH3 is 1. The Kier molecular flexibility index (Phi) is 9.86. The molecule has 8 nitrogen and oxygen atoms in total. The summed E-state index contributed by atoms with van der Waals surface area (Å²) >= 11 is 0. The van der Waals surface area contributed by atoms with Gasteiger partial charge in [-0.05, 0) is 56.5 Å². The number of nitrogens with zero attached hydrogens (tertiary/aromatic N) is 1. The first kappa shape index (κ1) is 26.0. The molecule has 0 amide bonds. The lowest BCUT2D eigenvalue weighted by atomic mass is 9.74. The highest BCUT2D eigenvalue weighted by Crippen LogP contribution is 2.44. The van der Waals surface area contributed by atoms with Gasteiger partial charge in [-0.25, -0.2) is 9.59 Å². The largest absolute Gasteiger partial charge is 0.466 e. The standard InChI is InChI=1S/C22H29NO4.CH4O3S/c1-26-20(24)11-12-21(25)27-19-10-8-9-18(17-19)22(13-4-2-5-14-22)23-15-6-3-7-16-23;1-5(2,3)4/h8-12,17H,2-7,13-16H2,1H3;1H3,(H,2,3,4)/b12-11+;. The molecule has 0 aromatic heterocycles. The monoisotopic (exact) mass is 467 g/mol. The van der Waals surface area contributed by atoms with Crippen LogP contribution in [0, 0.1) is 0 Å². The predicted molar refractivity (Wildman–Crippen MR) is 121 cm³/mol. The predicted octanol–water partition coefficient (Wildman–Crippen LogP) is 3.47. The fourth-order valence-electron chi connectivity index (χ4n) is 4.45. The van der Waals surface area contributed by atoms with Crippen LogP contribution in [0.15, 0.2) is 36.4 Å². The van der Waals surface area contributed by atoms with E-state index in [-0.39, 0.29) is 5.54 Å². The topological polar surface area (TPSA) is 110 Å². The Morgan fingerprint density at radius 2 is 1.56 bits per heavy atom. The van der Waals surface area contributed by atoms with E-state index in [1.807, 2.05) is 12.1 Å². The first-order valence-corrected chi connectivity index (χ1v) is 12.7. The SMILES string of the molecule is COC(=O)/C=C/C(=O)Oc1cccc(C2(N3CCCCC3)CCCCC2)c1.CS(=O)(=O)O. The highest BCUT2D eigenvalue weighted by molar-refractivity contribution is 7.85. The van der Waals surface area contributed by atoms with Gasteiger partial charge in [0.15, 0.2) is 0 Å². The van der Waals surface area contributed by atoms with Gasteiger partial charge in [0, 0.05) is 17.7 Å². The number of ether oxygens (including phenoxy) is 2. The molecule has 2 fully saturated rings. The maximum absolute atomic E-state index is 12.0. The van der Waals surface area contributed by atoms with Crippen molar-refractivity contribution in [3.8, 4) is 5.75 Å². The minimum Gasteiger partial charge on any atom is -0.466 e. The summed E-state index contributed by atoms with van der Waals surface area (Å²) in [7, 11) is -2.40. The van der Waals surface area contributed by atoms with Crippen molar-refractivity contribution in [2.75, 3.05) is 26.5 Å². The van der Waals surface area contributed by atoms with E-state index in [9.17, 15) is 18.0 Å². The smallest absolute Gasteiger partial charge is 0.336 e. The van der Waals surface area contributed by atoms with Crippen LogP contribution in [0.25, 0.3) is 0 Å². The molecule has 1 aliphatic heterocycles. The first-order chi connectivity index (χ1) is 15.1. The van der Waals surface area contributed by atoms with E-state index in [0.29, 0.717) is 12.0 Å². The minimum atomic E-state index is -3.67. The van der Waals surface area contributed by atoms with Crippen LogP contribution in [0.4, 0.5) is 0 Å². The second kappa shape index (κ2) is 12.1. The molecule has 0 bridgehead atoms. The summed E-state index contributed by atoms with van der Waals surface area (Å²) in [6.45, 7) is 2.29. The zero-order valence-electron chi connectivity index (χ0n) is 18.8. The molecular weight excluding hydrogens is 434 g/mol. The van der Waals surface area contributed by atoms with Crippen molar-refractivity contribution in [1.82, 2.24) is 4.90 Å². The van der Waals surface area contributed by atoms with Gasteiger partial charge in [-0.2, -0.15) is 8.42 Å². The molecule has 9 heteroatoms. The van der Waals surface area contributed by atoms with Gasteiger partial charge in [-0.15, -0.1) is 0 Å². The molecule has 0 spiro atoms. The van der Waals surface area contributed by atoms with Gasteiger partial charge >= 0.3 is 11.9 Å². The molecule has 1 N–H and O–H groups in total. The Morgan fingerprint density at radius 1 is 1.00 bits per heavy atom. The summed E-state index contributed by atoms with van der Waals surface area (Å²) in [6, 6.07) is 7.92. The quantitative estimate of drug-likeness (QED) is 0.303.